The molecule has 0 saturated heterocycles. The normalized spacial score (nSPS) is 22.5. The average Bonchev–Trinajstić information content (AvgIpc) is 3.23. The van der Waals surface area contributed by atoms with Gasteiger partial charge in [0.25, 0.3) is 0 Å². The van der Waals surface area contributed by atoms with Crippen molar-refractivity contribution in [2.24, 2.45) is 5.92 Å². The second-order valence-electron chi connectivity index (χ2n) is 6.71. The molecule has 0 bridgehead atoms. The van der Waals surface area contributed by atoms with Crippen LogP contribution in [0.3, 0.4) is 0 Å². The first kappa shape index (κ1) is 14.8. The van der Waals surface area contributed by atoms with E-state index in [1.807, 2.05) is 0 Å². The van der Waals surface area contributed by atoms with Crippen LogP contribution in [0.2, 0.25) is 0 Å². The first-order chi connectivity index (χ1) is 9.11. The summed E-state index contributed by atoms with van der Waals surface area (Å²) in [5.41, 5.74) is -0.301. The van der Waals surface area contributed by atoms with E-state index in [-0.39, 0.29) is 5.54 Å². The van der Waals surface area contributed by atoms with Crippen LogP contribution in [0.15, 0.2) is 0 Å². The molecule has 2 aliphatic rings. The molecule has 0 heterocycles. The third kappa shape index (κ3) is 3.94. The van der Waals surface area contributed by atoms with Crippen LogP contribution >= 0.6 is 0 Å². The largest absolute Gasteiger partial charge is 0.297 e. The van der Waals surface area contributed by atoms with Crippen molar-refractivity contribution in [2.75, 3.05) is 13.1 Å². The molecule has 2 saturated carbocycles. The zero-order chi connectivity index (χ0) is 13.9. The van der Waals surface area contributed by atoms with Crippen molar-refractivity contribution < 1.29 is 0 Å². The fourth-order valence-electron chi connectivity index (χ4n) is 3.05. The number of nitriles is 1. The van der Waals surface area contributed by atoms with E-state index < -0.39 is 0 Å². The predicted molar refractivity (Wildman–Crippen MR) is 78.8 cm³/mol. The van der Waals surface area contributed by atoms with Crippen LogP contribution < -0.4 is 5.32 Å². The minimum atomic E-state index is -0.301. The van der Waals surface area contributed by atoms with Crippen molar-refractivity contribution in [3.05, 3.63) is 0 Å². The second-order valence-corrected chi connectivity index (χ2v) is 6.71. The molecular weight excluding hydrogens is 234 g/mol. The van der Waals surface area contributed by atoms with E-state index >= 15 is 0 Å². The van der Waals surface area contributed by atoms with Gasteiger partial charge in [-0.3, -0.25) is 10.2 Å². The van der Waals surface area contributed by atoms with E-state index in [0.29, 0.717) is 12.0 Å². The number of nitrogens with one attached hydrogen (secondary N) is 1. The lowest BCUT2D eigenvalue weighted by atomic mass is 9.92. The molecule has 0 amide bonds. The Hall–Kier alpha value is -0.590. The number of rotatable bonds is 9. The molecule has 2 aliphatic carbocycles. The Labute approximate surface area is 118 Å². The molecule has 1 unspecified atom stereocenters. The summed E-state index contributed by atoms with van der Waals surface area (Å²) in [5, 5.41) is 13.4. The maximum absolute atomic E-state index is 9.77. The summed E-state index contributed by atoms with van der Waals surface area (Å²) in [6.45, 7) is 8.65. The number of hydrogen-bond acceptors (Lipinski definition) is 3. The molecule has 108 valence electrons. The Kier molecular flexibility index (Phi) is 4.86. The summed E-state index contributed by atoms with van der Waals surface area (Å²) in [7, 11) is 0. The fraction of sp³-hybridized carbons (Fsp3) is 0.938. The third-order valence-corrected chi connectivity index (χ3v) is 4.33. The highest BCUT2D eigenvalue weighted by Gasteiger charge is 2.48. The van der Waals surface area contributed by atoms with Gasteiger partial charge in [-0.2, -0.15) is 5.26 Å². The van der Waals surface area contributed by atoms with Gasteiger partial charge in [-0.25, -0.2) is 0 Å². The highest BCUT2D eigenvalue weighted by atomic mass is 15.2. The fourth-order valence-corrected chi connectivity index (χ4v) is 3.05. The predicted octanol–water partition coefficient (Wildman–Crippen LogP) is 2.92. The Morgan fingerprint density at radius 2 is 2.00 bits per heavy atom. The zero-order valence-electron chi connectivity index (χ0n) is 12.8. The lowest BCUT2D eigenvalue weighted by molar-refractivity contribution is 0.178. The lowest BCUT2D eigenvalue weighted by Gasteiger charge is -2.36. The SMILES string of the molecule is CCCCN(CC(C#N)(NC(C)C)C1CC1)C1CC1. The first-order valence-corrected chi connectivity index (χ1v) is 8.04. The van der Waals surface area contributed by atoms with Crippen LogP contribution in [0, 0.1) is 17.2 Å². The molecular formula is C16H29N3. The van der Waals surface area contributed by atoms with Crippen molar-refractivity contribution in [3.63, 3.8) is 0 Å². The molecule has 0 aliphatic heterocycles. The highest BCUT2D eigenvalue weighted by molar-refractivity contribution is 5.17. The van der Waals surface area contributed by atoms with E-state index in [1.165, 1.54) is 38.5 Å². The summed E-state index contributed by atoms with van der Waals surface area (Å²) < 4.78 is 0. The molecule has 3 nitrogen and oxygen atoms in total. The summed E-state index contributed by atoms with van der Waals surface area (Å²) in [4.78, 5) is 2.58. The van der Waals surface area contributed by atoms with Gasteiger partial charge in [0.1, 0.15) is 5.54 Å². The van der Waals surface area contributed by atoms with Crippen LogP contribution in [-0.2, 0) is 0 Å². The molecule has 2 rings (SSSR count). The van der Waals surface area contributed by atoms with Gasteiger partial charge >= 0.3 is 0 Å². The number of nitrogens with zero attached hydrogens (tertiary/aromatic N) is 2. The Balaban J connectivity index is 2.02. The molecule has 1 N–H and O–H groups in total. The van der Waals surface area contributed by atoms with E-state index in [4.69, 9.17) is 0 Å². The van der Waals surface area contributed by atoms with Crippen molar-refractivity contribution in [3.8, 4) is 6.07 Å². The summed E-state index contributed by atoms with van der Waals surface area (Å²) in [6.07, 6.45) is 7.60. The Morgan fingerprint density at radius 1 is 1.32 bits per heavy atom. The monoisotopic (exact) mass is 263 g/mol. The van der Waals surface area contributed by atoms with E-state index in [9.17, 15) is 5.26 Å². The van der Waals surface area contributed by atoms with Gasteiger partial charge < -0.3 is 0 Å². The molecule has 0 aromatic rings. The number of unbranched alkanes of at least 4 members (excludes halogenated alkanes) is 1. The van der Waals surface area contributed by atoms with Crippen molar-refractivity contribution >= 4 is 0 Å². The smallest absolute Gasteiger partial charge is 0.122 e. The third-order valence-electron chi connectivity index (χ3n) is 4.33. The summed E-state index contributed by atoms with van der Waals surface area (Å²) in [6, 6.07) is 3.78. The van der Waals surface area contributed by atoms with Gasteiger partial charge in [0, 0.05) is 18.6 Å². The van der Waals surface area contributed by atoms with Gasteiger partial charge in [-0.05, 0) is 58.4 Å². The minimum Gasteiger partial charge on any atom is -0.297 e. The van der Waals surface area contributed by atoms with E-state index in [0.717, 1.165) is 19.1 Å². The zero-order valence-corrected chi connectivity index (χ0v) is 12.8. The molecule has 2 fully saturated rings. The lowest BCUT2D eigenvalue weighted by Crippen LogP contribution is -2.57. The van der Waals surface area contributed by atoms with Crippen LogP contribution in [-0.4, -0.2) is 35.6 Å². The Bertz CT molecular complexity index is 325. The van der Waals surface area contributed by atoms with Gasteiger partial charge in [-0.15, -0.1) is 0 Å². The van der Waals surface area contributed by atoms with E-state index in [1.54, 1.807) is 0 Å². The molecule has 3 heteroatoms. The summed E-state index contributed by atoms with van der Waals surface area (Å²) >= 11 is 0. The van der Waals surface area contributed by atoms with Crippen LogP contribution in [0.25, 0.3) is 0 Å². The standard InChI is InChI=1S/C16H29N3/c1-4-5-10-19(15-8-9-15)12-16(11-17,14-6-7-14)18-13(2)3/h13-15,18H,4-10,12H2,1-3H3. The van der Waals surface area contributed by atoms with Crippen LogP contribution in [0.1, 0.15) is 59.3 Å². The maximum atomic E-state index is 9.77. The van der Waals surface area contributed by atoms with Crippen molar-refractivity contribution in [1.82, 2.24) is 10.2 Å². The molecule has 0 radical (unpaired) electrons. The Morgan fingerprint density at radius 3 is 2.42 bits per heavy atom. The summed E-state index contributed by atoms with van der Waals surface area (Å²) in [5.74, 6) is 0.572. The first-order valence-electron chi connectivity index (χ1n) is 8.04. The minimum absolute atomic E-state index is 0.301. The molecule has 0 spiro atoms. The molecule has 0 aromatic heterocycles. The quantitative estimate of drug-likeness (QED) is 0.695. The maximum Gasteiger partial charge on any atom is 0.122 e. The van der Waals surface area contributed by atoms with Gasteiger partial charge in [-0.1, -0.05) is 13.3 Å². The van der Waals surface area contributed by atoms with Crippen molar-refractivity contribution in [1.29, 1.82) is 5.26 Å². The topological polar surface area (TPSA) is 39.1 Å². The number of hydrogen-bond donors (Lipinski definition) is 1. The van der Waals surface area contributed by atoms with Crippen LogP contribution in [0.5, 0.6) is 0 Å². The average molecular weight is 263 g/mol. The second kappa shape index (κ2) is 6.24. The van der Waals surface area contributed by atoms with Gasteiger partial charge in [0.05, 0.1) is 6.07 Å². The van der Waals surface area contributed by atoms with Crippen molar-refractivity contribution in [2.45, 2.75) is 76.9 Å². The highest BCUT2D eigenvalue weighted by Crippen LogP contribution is 2.41. The molecule has 0 aromatic carbocycles. The molecule has 19 heavy (non-hydrogen) atoms. The molecule has 1 atom stereocenters. The van der Waals surface area contributed by atoms with Gasteiger partial charge in [0.2, 0.25) is 0 Å². The van der Waals surface area contributed by atoms with E-state index in [2.05, 4.69) is 37.1 Å². The van der Waals surface area contributed by atoms with Crippen LogP contribution in [0.4, 0.5) is 0 Å². The van der Waals surface area contributed by atoms with Gasteiger partial charge in [0.15, 0.2) is 0 Å².